The van der Waals surface area contributed by atoms with Gasteiger partial charge in [-0.05, 0) is 30.7 Å². The summed E-state index contributed by atoms with van der Waals surface area (Å²) in [6.07, 6.45) is 3.78. The zero-order chi connectivity index (χ0) is 29.1. The number of pyridine rings is 2. The predicted octanol–water partition coefficient (Wildman–Crippen LogP) is 3.46. The van der Waals surface area contributed by atoms with Crippen LogP contribution in [-0.2, 0) is 7.05 Å². The molecule has 0 aliphatic carbocycles. The van der Waals surface area contributed by atoms with Gasteiger partial charge in [0.1, 0.15) is 18.0 Å². The topological polar surface area (TPSA) is 151 Å². The molecule has 0 spiro atoms. The third-order valence-electron chi connectivity index (χ3n) is 7.21. The van der Waals surface area contributed by atoms with Crippen molar-refractivity contribution in [3.05, 3.63) is 66.2 Å². The summed E-state index contributed by atoms with van der Waals surface area (Å²) in [5.74, 6) is 2.10. The summed E-state index contributed by atoms with van der Waals surface area (Å²) in [7, 11) is 3.38. The standard InChI is InChI=1S/C29H34N8O4/c1-5-23(38)20-13-31-27(34-26-10-9-18(12-30-26)17(2)37-14-24(39)25(40)15-37)11-22(20)33-21-8-6-7-19(28(21)41-4)29-32-16-36(3)35-29/h6-13,16-17,24-25,39-40H,5,14-15H2,1-4H3,(H2,30,31,33,34)/t17-,24-,25-/m1/s1. The van der Waals surface area contributed by atoms with E-state index in [-0.39, 0.29) is 11.8 Å². The molecule has 0 bridgehead atoms. The van der Waals surface area contributed by atoms with Gasteiger partial charge in [-0.15, -0.1) is 0 Å². The van der Waals surface area contributed by atoms with Crippen LogP contribution < -0.4 is 15.4 Å². The number of aliphatic hydroxyl groups excluding tert-OH is 2. The van der Waals surface area contributed by atoms with E-state index in [0.717, 1.165) is 5.56 Å². The van der Waals surface area contributed by atoms with Crippen LogP contribution in [0.15, 0.2) is 55.1 Å². The molecule has 0 unspecified atom stereocenters. The second kappa shape index (κ2) is 12.0. The number of ether oxygens (including phenoxy) is 1. The molecule has 1 fully saturated rings. The largest absolute Gasteiger partial charge is 0.494 e. The van der Waals surface area contributed by atoms with Crippen LogP contribution in [0.2, 0.25) is 0 Å². The number of hydrogen-bond donors (Lipinski definition) is 4. The van der Waals surface area contributed by atoms with Crippen LogP contribution in [0.5, 0.6) is 5.75 Å². The first-order valence-electron chi connectivity index (χ1n) is 13.4. The van der Waals surface area contributed by atoms with Crippen molar-refractivity contribution in [2.45, 2.75) is 38.5 Å². The summed E-state index contributed by atoms with van der Waals surface area (Å²) >= 11 is 0. The highest BCUT2D eigenvalue weighted by Gasteiger charge is 2.32. The molecule has 4 N–H and O–H groups in total. The van der Waals surface area contributed by atoms with Crippen LogP contribution in [0.1, 0.15) is 42.2 Å². The number of nitrogens with one attached hydrogen (secondary N) is 2. The summed E-state index contributed by atoms with van der Waals surface area (Å²) in [5, 5.41) is 30.7. The van der Waals surface area contributed by atoms with Gasteiger partial charge in [-0.25, -0.2) is 15.0 Å². The minimum atomic E-state index is -0.739. The van der Waals surface area contributed by atoms with E-state index in [4.69, 9.17) is 4.74 Å². The molecule has 5 rings (SSSR count). The highest BCUT2D eigenvalue weighted by molar-refractivity contribution is 6.02. The molecule has 1 aliphatic heterocycles. The monoisotopic (exact) mass is 558 g/mol. The number of benzene rings is 1. The van der Waals surface area contributed by atoms with Crippen molar-refractivity contribution in [1.29, 1.82) is 0 Å². The average molecular weight is 559 g/mol. The molecule has 4 heterocycles. The molecular weight excluding hydrogens is 524 g/mol. The molecule has 0 saturated carbocycles. The van der Waals surface area contributed by atoms with E-state index >= 15 is 0 Å². The summed E-state index contributed by atoms with van der Waals surface area (Å²) in [6.45, 7) is 4.65. The number of β-amino-alcohol motifs (C(OH)–C–C–N with tert-alkyl or cyclic N) is 2. The van der Waals surface area contributed by atoms with E-state index in [0.29, 0.717) is 65.2 Å². The summed E-state index contributed by atoms with van der Waals surface area (Å²) in [6, 6.07) is 11.2. The zero-order valence-corrected chi connectivity index (χ0v) is 23.4. The molecule has 4 aromatic rings. The Kier molecular flexibility index (Phi) is 8.24. The fourth-order valence-corrected chi connectivity index (χ4v) is 4.86. The quantitative estimate of drug-likeness (QED) is 0.212. The van der Waals surface area contributed by atoms with Crippen molar-refractivity contribution in [3.8, 4) is 17.1 Å². The van der Waals surface area contributed by atoms with Crippen LogP contribution >= 0.6 is 0 Å². The fourth-order valence-electron chi connectivity index (χ4n) is 4.86. The maximum Gasteiger partial charge on any atom is 0.184 e. The van der Waals surface area contributed by atoms with Crippen molar-refractivity contribution >= 4 is 28.8 Å². The molecular formula is C29H34N8O4. The maximum atomic E-state index is 12.8. The Morgan fingerprint density at radius 1 is 1.05 bits per heavy atom. The second-order valence-corrected chi connectivity index (χ2v) is 10.0. The molecule has 1 saturated heterocycles. The van der Waals surface area contributed by atoms with E-state index in [2.05, 4.69) is 30.7 Å². The summed E-state index contributed by atoms with van der Waals surface area (Å²) in [5.41, 5.74) is 3.34. The zero-order valence-electron chi connectivity index (χ0n) is 23.4. The number of rotatable bonds is 10. The van der Waals surface area contributed by atoms with Crippen LogP contribution in [0, 0.1) is 0 Å². The molecule has 12 nitrogen and oxygen atoms in total. The number of methoxy groups -OCH3 is 1. The van der Waals surface area contributed by atoms with E-state index in [1.165, 1.54) is 0 Å². The van der Waals surface area contributed by atoms with Crippen molar-refractivity contribution in [3.63, 3.8) is 0 Å². The van der Waals surface area contributed by atoms with E-state index in [1.807, 2.05) is 49.1 Å². The Labute approximate surface area is 238 Å². The Morgan fingerprint density at radius 2 is 1.80 bits per heavy atom. The number of aromatic nitrogens is 5. The van der Waals surface area contributed by atoms with Crippen LogP contribution in [0.3, 0.4) is 0 Å². The third-order valence-corrected chi connectivity index (χ3v) is 7.21. The van der Waals surface area contributed by atoms with Crippen LogP contribution in [-0.4, -0.2) is 78.0 Å². The smallest absolute Gasteiger partial charge is 0.184 e. The van der Waals surface area contributed by atoms with Crippen LogP contribution in [0.4, 0.5) is 23.0 Å². The second-order valence-electron chi connectivity index (χ2n) is 10.0. The lowest BCUT2D eigenvalue weighted by atomic mass is 10.1. The molecule has 1 aromatic carbocycles. The molecule has 1 aliphatic rings. The molecule has 0 amide bonds. The number of aryl methyl sites for hydroxylation is 1. The number of likely N-dealkylation sites (tertiary alicyclic amines) is 1. The Morgan fingerprint density at radius 3 is 2.44 bits per heavy atom. The minimum absolute atomic E-state index is 0.0105. The highest BCUT2D eigenvalue weighted by atomic mass is 16.5. The lowest BCUT2D eigenvalue weighted by Crippen LogP contribution is -2.25. The van der Waals surface area contributed by atoms with E-state index < -0.39 is 12.2 Å². The maximum absolute atomic E-state index is 12.8. The molecule has 214 valence electrons. The molecule has 3 aromatic heterocycles. The van der Waals surface area contributed by atoms with Gasteiger partial charge in [0.2, 0.25) is 0 Å². The molecule has 3 atom stereocenters. The van der Waals surface area contributed by atoms with Crippen molar-refractivity contribution in [2.24, 2.45) is 7.05 Å². The number of nitrogens with zero attached hydrogens (tertiary/aromatic N) is 6. The number of anilines is 4. The van der Waals surface area contributed by atoms with Crippen LogP contribution in [0.25, 0.3) is 11.4 Å². The van der Waals surface area contributed by atoms with Gasteiger partial charge in [0.05, 0.1) is 41.8 Å². The highest BCUT2D eigenvalue weighted by Crippen LogP contribution is 2.37. The van der Waals surface area contributed by atoms with Gasteiger partial charge in [-0.3, -0.25) is 14.4 Å². The number of carbonyl (C=O) groups is 1. The normalized spacial score (nSPS) is 17.8. The van der Waals surface area contributed by atoms with Gasteiger partial charge in [0.25, 0.3) is 0 Å². The van der Waals surface area contributed by atoms with Gasteiger partial charge < -0.3 is 25.6 Å². The molecule has 41 heavy (non-hydrogen) atoms. The number of ketones is 1. The number of carbonyl (C=O) groups excluding carboxylic acids is 1. The number of para-hydroxylation sites is 1. The number of hydrogen-bond acceptors (Lipinski definition) is 11. The first kappa shape index (κ1) is 28.1. The SMILES string of the molecule is CCC(=O)c1cnc(Nc2ccc([C@@H](C)N3C[C@@H](O)[C@H](O)C3)cn2)cc1Nc1cccc(-c2ncn(C)n2)c1OC. The van der Waals surface area contributed by atoms with Gasteiger partial charge in [0.15, 0.2) is 17.4 Å². The summed E-state index contributed by atoms with van der Waals surface area (Å²) in [4.78, 5) is 28.2. The van der Waals surface area contributed by atoms with Crippen molar-refractivity contribution < 1.29 is 19.7 Å². The van der Waals surface area contributed by atoms with E-state index in [9.17, 15) is 15.0 Å². The van der Waals surface area contributed by atoms with Gasteiger partial charge >= 0.3 is 0 Å². The molecule has 0 radical (unpaired) electrons. The Bertz CT molecular complexity index is 1510. The fraction of sp³-hybridized carbons (Fsp3) is 0.345. The first-order valence-corrected chi connectivity index (χ1v) is 13.4. The minimum Gasteiger partial charge on any atom is -0.494 e. The Balaban J connectivity index is 1.39. The first-order chi connectivity index (χ1) is 19.8. The lowest BCUT2D eigenvalue weighted by molar-refractivity contribution is 0.0572. The number of Topliss-reactive ketones (excluding diaryl/α,β-unsaturated/α-hetero) is 1. The van der Waals surface area contributed by atoms with Crippen molar-refractivity contribution in [1.82, 2.24) is 29.6 Å². The predicted molar refractivity (Wildman–Crippen MR) is 155 cm³/mol. The van der Waals surface area contributed by atoms with Gasteiger partial charge in [-0.1, -0.05) is 19.1 Å². The van der Waals surface area contributed by atoms with E-state index in [1.54, 1.807) is 43.6 Å². The number of aliphatic hydroxyl groups is 2. The van der Waals surface area contributed by atoms with Gasteiger partial charge in [0, 0.05) is 51.1 Å². The lowest BCUT2D eigenvalue weighted by Gasteiger charge is -2.24. The van der Waals surface area contributed by atoms with Gasteiger partial charge in [-0.2, -0.15) is 5.10 Å². The third kappa shape index (κ3) is 6.04. The average Bonchev–Trinajstić information content (AvgIpc) is 3.57. The van der Waals surface area contributed by atoms with Crippen molar-refractivity contribution in [2.75, 3.05) is 30.8 Å². The molecule has 12 heteroatoms. The summed E-state index contributed by atoms with van der Waals surface area (Å²) < 4.78 is 7.36. The Hall–Kier alpha value is -4.39.